The highest BCUT2D eigenvalue weighted by molar-refractivity contribution is 6.06. The number of pyridine rings is 1. The minimum atomic E-state index is -1.13. The summed E-state index contributed by atoms with van der Waals surface area (Å²) in [6.45, 7) is 3.36. The Kier molecular flexibility index (Phi) is 4.16. The van der Waals surface area contributed by atoms with Crippen molar-refractivity contribution in [2.45, 2.75) is 19.9 Å². The Hall–Kier alpha value is -2.50. The average molecular weight is 290 g/mol. The predicted octanol–water partition coefficient (Wildman–Crippen LogP) is 2.21. The van der Waals surface area contributed by atoms with Crippen LogP contribution in [-0.2, 0) is 4.79 Å². The number of hydrogen-bond donors (Lipinski definition) is 2. The highest BCUT2D eigenvalue weighted by Gasteiger charge is 2.25. The van der Waals surface area contributed by atoms with Gasteiger partial charge < -0.3 is 10.4 Å². The molecule has 0 fully saturated rings. The fourth-order valence-corrected chi connectivity index (χ4v) is 2.06. The van der Waals surface area contributed by atoms with Crippen molar-refractivity contribution in [3.05, 3.63) is 41.8 Å². The van der Waals surface area contributed by atoms with Gasteiger partial charge >= 0.3 is 5.97 Å². The molecule has 1 unspecified atom stereocenters. The lowest BCUT2D eigenvalue weighted by molar-refractivity contribution is -0.140. The Morgan fingerprint density at radius 3 is 2.67 bits per heavy atom. The molecule has 0 aliphatic rings. The van der Waals surface area contributed by atoms with Gasteiger partial charge in [0.05, 0.1) is 11.1 Å². The van der Waals surface area contributed by atoms with Crippen molar-refractivity contribution in [1.82, 2.24) is 10.3 Å². The molecule has 0 aliphatic carbocycles. The summed E-state index contributed by atoms with van der Waals surface area (Å²) in [5, 5.41) is 12.0. The number of hydrogen-bond acceptors (Lipinski definition) is 3. The molecular formula is C15H15FN2O3. The number of benzene rings is 1. The molecule has 1 atom stereocenters. The van der Waals surface area contributed by atoms with Gasteiger partial charge in [0, 0.05) is 11.6 Å². The van der Waals surface area contributed by atoms with E-state index in [-0.39, 0.29) is 11.5 Å². The Labute approximate surface area is 120 Å². The first-order valence-corrected chi connectivity index (χ1v) is 6.48. The van der Waals surface area contributed by atoms with E-state index >= 15 is 0 Å². The Morgan fingerprint density at radius 1 is 1.33 bits per heavy atom. The average Bonchev–Trinajstić information content (AvgIpc) is 2.42. The van der Waals surface area contributed by atoms with Crippen LogP contribution in [-0.4, -0.2) is 28.0 Å². The Balaban J connectivity index is 2.42. The number of nitrogens with zero attached hydrogens (tertiary/aromatic N) is 1. The summed E-state index contributed by atoms with van der Waals surface area (Å²) < 4.78 is 13.6. The van der Waals surface area contributed by atoms with E-state index in [0.29, 0.717) is 10.9 Å². The van der Waals surface area contributed by atoms with E-state index in [1.54, 1.807) is 26.0 Å². The van der Waals surface area contributed by atoms with E-state index in [2.05, 4.69) is 10.3 Å². The van der Waals surface area contributed by atoms with Crippen LogP contribution in [0.25, 0.3) is 10.9 Å². The predicted molar refractivity (Wildman–Crippen MR) is 75.4 cm³/mol. The largest absolute Gasteiger partial charge is 0.480 e. The maximum absolute atomic E-state index is 13.6. The highest BCUT2D eigenvalue weighted by Crippen LogP contribution is 2.18. The van der Waals surface area contributed by atoms with E-state index in [1.165, 1.54) is 12.3 Å². The number of carboxylic acids is 1. The molecule has 0 spiro atoms. The molecule has 2 rings (SSSR count). The minimum absolute atomic E-state index is 0.0255. The zero-order chi connectivity index (χ0) is 15.6. The molecule has 1 amide bonds. The number of aromatic nitrogens is 1. The molecule has 0 bridgehead atoms. The molecule has 21 heavy (non-hydrogen) atoms. The highest BCUT2D eigenvalue weighted by atomic mass is 19.1. The molecule has 1 aromatic carbocycles. The number of carbonyl (C=O) groups excluding carboxylic acids is 1. The zero-order valence-electron chi connectivity index (χ0n) is 11.6. The number of amides is 1. The summed E-state index contributed by atoms with van der Waals surface area (Å²) in [7, 11) is 0. The van der Waals surface area contributed by atoms with Crippen LogP contribution in [0, 0.1) is 11.7 Å². The SMILES string of the molecule is CC(C)C(NC(=O)c1cc(F)cc2cccnc12)C(=O)O. The first-order valence-electron chi connectivity index (χ1n) is 6.48. The van der Waals surface area contributed by atoms with Crippen molar-refractivity contribution >= 4 is 22.8 Å². The second-order valence-electron chi connectivity index (χ2n) is 5.06. The van der Waals surface area contributed by atoms with Gasteiger partial charge in [-0.05, 0) is 24.1 Å². The van der Waals surface area contributed by atoms with Gasteiger partial charge in [-0.2, -0.15) is 0 Å². The van der Waals surface area contributed by atoms with Crippen LogP contribution in [0.4, 0.5) is 4.39 Å². The first-order chi connectivity index (χ1) is 9.90. The lowest BCUT2D eigenvalue weighted by atomic mass is 10.0. The third-order valence-electron chi connectivity index (χ3n) is 3.13. The lowest BCUT2D eigenvalue weighted by Gasteiger charge is -2.18. The lowest BCUT2D eigenvalue weighted by Crippen LogP contribution is -2.44. The van der Waals surface area contributed by atoms with E-state index in [1.807, 2.05) is 0 Å². The van der Waals surface area contributed by atoms with Gasteiger partial charge in [-0.25, -0.2) is 9.18 Å². The summed E-state index contributed by atoms with van der Waals surface area (Å²) in [6.07, 6.45) is 1.49. The Bertz CT molecular complexity index is 700. The maximum atomic E-state index is 13.6. The van der Waals surface area contributed by atoms with Gasteiger partial charge in [0.2, 0.25) is 0 Å². The number of fused-ring (bicyclic) bond motifs is 1. The topological polar surface area (TPSA) is 79.3 Å². The number of rotatable bonds is 4. The molecule has 110 valence electrons. The Morgan fingerprint density at radius 2 is 2.05 bits per heavy atom. The number of nitrogens with one attached hydrogen (secondary N) is 1. The minimum Gasteiger partial charge on any atom is -0.480 e. The quantitative estimate of drug-likeness (QED) is 0.904. The zero-order valence-corrected chi connectivity index (χ0v) is 11.6. The molecule has 1 aromatic heterocycles. The monoisotopic (exact) mass is 290 g/mol. The molecule has 2 N–H and O–H groups in total. The molecule has 0 radical (unpaired) electrons. The molecule has 0 saturated carbocycles. The van der Waals surface area contributed by atoms with Crippen molar-refractivity contribution in [2.24, 2.45) is 5.92 Å². The number of halogens is 1. The molecular weight excluding hydrogens is 275 g/mol. The van der Waals surface area contributed by atoms with Crippen LogP contribution in [0.3, 0.4) is 0 Å². The smallest absolute Gasteiger partial charge is 0.326 e. The first kappa shape index (κ1) is 14.9. The number of carbonyl (C=O) groups is 2. The van der Waals surface area contributed by atoms with Gasteiger partial charge in [0.25, 0.3) is 5.91 Å². The second kappa shape index (κ2) is 5.87. The summed E-state index contributed by atoms with van der Waals surface area (Å²) in [5.41, 5.74) is 0.363. The van der Waals surface area contributed by atoms with Gasteiger partial charge in [0.15, 0.2) is 0 Å². The van der Waals surface area contributed by atoms with E-state index < -0.39 is 23.7 Å². The number of carboxylic acid groups (broad SMARTS) is 1. The second-order valence-corrected chi connectivity index (χ2v) is 5.06. The summed E-state index contributed by atoms with van der Waals surface area (Å²) in [4.78, 5) is 27.4. The normalized spacial score (nSPS) is 12.4. The van der Waals surface area contributed by atoms with Crippen LogP contribution in [0.2, 0.25) is 0 Å². The van der Waals surface area contributed by atoms with Crippen molar-refractivity contribution in [2.75, 3.05) is 0 Å². The molecule has 0 aliphatic heterocycles. The van der Waals surface area contributed by atoms with Gasteiger partial charge in [-0.3, -0.25) is 9.78 Å². The van der Waals surface area contributed by atoms with Crippen LogP contribution in [0.15, 0.2) is 30.5 Å². The van der Waals surface area contributed by atoms with Gasteiger partial charge in [0.1, 0.15) is 11.9 Å². The van der Waals surface area contributed by atoms with E-state index in [4.69, 9.17) is 5.11 Å². The van der Waals surface area contributed by atoms with Crippen LogP contribution in [0.1, 0.15) is 24.2 Å². The summed E-state index contributed by atoms with van der Waals surface area (Å²) in [5.74, 6) is -2.65. The third kappa shape index (κ3) is 3.16. The van der Waals surface area contributed by atoms with Gasteiger partial charge in [-0.15, -0.1) is 0 Å². The standard InChI is InChI=1S/C15H15FN2O3/c1-8(2)12(15(20)21)18-14(19)11-7-10(16)6-9-4-3-5-17-13(9)11/h3-8,12H,1-2H3,(H,18,19)(H,20,21). The third-order valence-corrected chi connectivity index (χ3v) is 3.13. The van der Waals surface area contributed by atoms with Crippen LogP contribution in [0.5, 0.6) is 0 Å². The molecule has 0 saturated heterocycles. The van der Waals surface area contributed by atoms with Crippen LogP contribution >= 0.6 is 0 Å². The van der Waals surface area contributed by atoms with Crippen LogP contribution < -0.4 is 5.32 Å². The fourth-order valence-electron chi connectivity index (χ4n) is 2.06. The van der Waals surface area contributed by atoms with Crippen molar-refractivity contribution in [1.29, 1.82) is 0 Å². The molecule has 1 heterocycles. The molecule has 6 heteroatoms. The van der Waals surface area contributed by atoms with Crippen molar-refractivity contribution < 1.29 is 19.1 Å². The van der Waals surface area contributed by atoms with Gasteiger partial charge in [-0.1, -0.05) is 19.9 Å². The maximum Gasteiger partial charge on any atom is 0.326 e. The summed E-state index contributed by atoms with van der Waals surface area (Å²) in [6, 6.07) is 4.57. The molecule has 2 aromatic rings. The molecule has 5 nitrogen and oxygen atoms in total. The van der Waals surface area contributed by atoms with E-state index in [0.717, 1.165) is 6.07 Å². The fraction of sp³-hybridized carbons (Fsp3) is 0.267. The van der Waals surface area contributed by atoms with Crippen molar-refractivity contribution in [3.63, 3.8) is 0 Å². The van der Waals surface area contributed by atoms with E-state index in [9.17, 15) is 14.0 Å². The number of aliphatic carboxylic acids is 1. The summed E-state index contributed by atoms with van der Waals surface area (Å²) >= 11 is 0. The van der Waals surface area contributed by atoms with Crippen molar-refractivity contribution in [3.8, 4) is 0 Å².